The van der Waals surface area contributed by atoms with Crippen LogP contribution in [0.1, 0.15) is 5.56 Å². The van der Waals surface area contributed by atoms with Crippen LogP contribution in [-0.4, -0.2) is 50.7 Å². The molecule has 1 aliphatic rings. The molecule has 7 heteroatoms. The van der Waals surface area contributed by atoms with Gasteiger partial charge in [-0.3, -0.25) is 9.69 Å². The predicted molar refractivity (Wildman–Crippen MR) is 80.8 cm³/mol. The van der Waals surface area contributed by atoms with Crippen molar-refractivity contribution in [3.05, 3.63) is 22.7 Å². The second kappa shape index (κ2) is 7.49. The van der Waals surface area contributed by atoms with Gasteiger partial charge >= 0.3 is 0 Å². The molecule has 2 rings (SSSR count). The third kappa shape index (κ3) is 4.49. The van der Waals surface area contributed by atoms with E-state index in [4.69, 9.17) is 26.8 Å². The van der Waals surface area contributed by atoms with Crippen molar-refractivity contribution >= 4 is 17.5 Å². The van der Waals surface area contributed by atoms with E-state index in [1.165, 1.54) is 7.11 Å². The zero-order valence-corrected chi connectivity index (χ0v) is 12.8. The van der Waals surface area contributed by atoms with Crippen LogP contribution in [0.2, 0.25) is 5.02 Å². The van der Waals surface area contributed by atoms with Crippen LogP contribution in [0.15, 0.2) is 12.1 Å². The predicted octanol–water partition coefficient (Wildman–Crippen LogP) is 0.618. The molecule has 6 nitrogen and oxygen atoms in total. The van der Waals surface area contributed by atoms with Gasteiger partial charge in [-0.1, -0.05) is 11.6 Å². The van der Waals surface area contributed by atoms with Crippen LogP contribution < -0.4 is 20.5 Å². The van der Waals surface area contributed by atoms with Gasteiger partial charge in [-0.05, 0) is 17.7 Å². The molecule has 1 heterocycles. The van der Waals surface area contributed by atoms with Gasteiger partial charge in [0.15, 0.2) is 18.1 Å². The lowest BCUT2D eigenvalue weighted by Gasteiger charge is -2.27. The number of nitrogens with zero attached hydrogens (tertiary/aromatic N) is 1. The Kier molecular flexibility index (Phi) is 5.67. The number of primary amides is 1. The molecule has 0 aliphatic carbocycles. The van der Waals surface area contributed by atoms with Crippen LogP contribution in [0.25, 0.3) is 0 Å². The van der Waals surface area contributed by atoms with Crippen molar-refractivity contribution in [3.63, 3.8) is 0 Å². The van der Waals surface area contributed by atoms with Crippen LogP contribution in [-0.2, 0) is 11.3 Å². The van der Waals surface area contributed by atoms with Crippen molar-refractivity contribution in [1.29, 1.82) is 0 Å². The minimum absolute atomic E-state index is 0.229. The Morgan fingerprint density at radius 2 is 2.14 bits per heavy atom. The van der Waals surface area contributed by atoms with Crippen LogP contribution >= 0.6 is 11.6 Å². The topological polar surface area (TPSA) is 76.8 Å². The highest BCUT2D eigenvalue weighted by Crippen LogP contribution is 2.36. The number of nitrogens with one attached hydrogen (secondary N) is 1. The molecule has 0 aromatic heterocycles. The van der Waals surface area contributed by atoms with E-state index in [1.807, 2.05) is 12.1 Å². The Morgan fingerprint density at radius 1 is 1.43 bits per heavy atom. The molecule has 1 fully saturated rings. The summed E-state index contributed by atoms with van der Waals surface area (Å²) >= 11 is 6.23. The van der Waals surface area contributed by atoms with E-state index in [0.717, 1.165) is 38.3 Å². The Balaban J connectivity index is 2.12. The first-order chi connectivity index (χ1) is 10.1. The average Bonchev–Trinajstić information content (AvgIpc) is 2.46. The molecule has 0 unspecified atom stereocenters. The van der Waals surface area contributed by atoms with Crippen LogP contribution in [0.4, 0.5) is 0 Å². The lowest BCUT2D eigenvalue weighted by Crippen LogP contribution is -2.42. The van der Waals surface area contributed by atoms with Crippen molar-refractivity contribution in [3.8, 4) is 11.5 Å². The molecule has 0 saturated carbocycles. The van der Waals surface area contributed by atoms with E-state index in [0.29, 0.717) is 16.5 Å². The number of benzene rings is 1. The zero-order valence-electron chi connectivity index (χ0n) is 12.0. The zero-order chi connectivity index (χ0) is 15.2. The number of carbonyl (C=O) groups is 1. The van der Waals surface area contributed by atoms with Crippen LogP contribution in [0, 0.1) is 0 Å². The number of piperazine rings is 1. The van der Waals surface area contributed by atoms with Crippen molar-refractivity contribution in [2.75, 3.05) is 39.9 Å². The summed E-state index contributed by atoms with van der Waals surface area (Å²) in [5, 5.41) is 3.73. The minimum atomic E-state index is -0.557. The van der Waals surface area contributed by atoms with E-state index in [-0.39, 0.29) is 6.61 Å². The number of halogens is 1. The van der Waals surface area contributed by atoms with Gasteiger partial charge in [-0.25, -0.2) is 0 Å². The van der Waals surface area contributed by atoms with E-state index >= 15 is 0 Å². The number of hydrogen-bond donors (Lipinski definition) is 2. The lowest BCUT2D eigenvalue weighted by atomic mass is 10.1. The number of carbonyl (C=O) groups excluding carboxylic acids is 1. The molecule has 0 atom stereocenters. The fourth-order valence-electron chi connectivity index (χ4n) is 2.28. The Labute approximate surface area is 129 Å². The SMILES string of the molecule is COc1cc(CN2CCNCC2)cc(Cl)c1OCC(N)=O. The maximum absolute atomic E-state index is 10.8. The average molecular weight is 314 g/mol. The Morgan fingerprint density at radius 3 is 2.76 bits per heavy atom. The normalized spacial score (nSPS) is 15.7. The molecule has 0 radical (unpaired) electrons. The minimum Gasteiger partial charge on any atom is -0.493 e. The number of amides is 1. The monoisotopic (exact) mass is 313 g/mol. The molecule has 3 N–H and O–H groups in total. The summed E-state index contributed by atoms with van der Waals surface area (Å²) in [4.78, 5) is 13.2. The van der Waals surface area contributed by atoms with Crippen molar-refractivity contribution < 1.29 is 14.3 Å². The lowest BCUT2D eigenvalue weighted by molar-refractivity contribution is -0.119. The molecule has 116 valence electrons. The summed E-state index contributed by atoms with van der Waals surface area (Å²) in [5.74, 6) is 0.300. The summed E-state index contributed by atoms with van der Waals surface area (Å²) in [5.41, 5.74) is 6.12. The maximum Gasteiger partial charge on any atom is 0.255 e. The van der Waals surface area contributed by atoms with Gasteiger partial charge in [0.05, 0.1) is 12.1 Å². The quantitative estimate of drug-likeness (QED) is 0.805. The van der Waals surface area contributed by atoms with Crippen molar-refractivity contribution in [1.82, 2.24) is 10.2 Å². The number of methoxy groups -OCH3 is 1. The molecular formula is C14H20ClN3O3. The molecule has 1 aromatic rings. The first-order valence-electron chi connectivity index (χ1n) is 6.80. The fraction of sp³-hybridized carbons (Fsp3) is 0.500. The summed E-state index contributed by atoms with van der Waals surface area (Å²) in [6.07, 6.45) is 0. The molecular weight excluding hydrogens is 294 g/mol. The highest BCUT2D eigenvalue weighted by Gasteiger charge is 2.16. The van der Waals surface area contributed by atoms with Gasteiger partial charge in [0.1, 0.15) is 0 Å². The summed E-state index contributed by atoms with van der Waals surface area (Å²) < 4.78 is 10.6. The first kappa shape index (κ1) is 15.9. The molecule has 21 heavy (non-hydrogen) atoms. The van der Waals surface area contributed by atoms with Crippen LogP contribution in [0.5, 0.6) is 11.5 Å². The van der Waals surface area contributed by atoms with Gasteiger partial charge in [0.2, 0.25) is 0 Å². The van der Waals surface area contributed by atoms with Gasteiger partial charge < -0.3 is 20.5 Å². The number of ether oxygens (including phenoxy) is 2. The van der Waals surface area contributed by atoms with E-state index in [9.17, 15) is 4.79 Å². The Hall–Kier alpha value is -1.50. The largest absolute Gasteiger partial charge is 0.493 e. The van der Waals surface area contributed by atoms with Crippen molar-refractivity contribution in [2.45, 2.75) is 6.54 Å². The first-order valence-corrected chi connectivity index (χ1v) is 7.18. The highest BCUT2D eigenvalue weighted by molar-refractivity contribution is 6.32. The number of hydrogen-bond acceptors (Lipinski definition) is 5. The van der Waals surface area contributed by atoms with Gasteiger partial charge in [0.25, 0.3) is 5.91 Å². The molecule has 0 spiro atoms. The second-order valence-corrected chi connectivity index (χ2v) is 5.30. The Bertz CT molecular complexity index is 504. The van der Waals surface area contributed by atoms with Gasteiger partial charge in [-0.2, -0.15) is 0 Å². The molecule has 1 aromatic carbocycles. The maximum atomic E-state index is 10.8. The summed E-state index contributed by atoms with van der Waals surface area (Å²) in [6.45, 7) is 4.55. The van der Waals surface area contributed by atoms with Gasteiger partial charge in [-0.15, -0.1) is 0 Å². The second-order valence-electron chi connectivity index (χ2n) is 4.89. The van der Waals surface area contributed by atoms with Crippen LogP contribution in [0.3, 0.4) is 0 Å². The molecule has 1 amide bonds. The summed E-state index contributed by atoms with van der Waals surface area (Å²) in [6, 6.07) is 3.71. The van der Waals surface area contributed by atoms with E-state index in [2.05, 4.69) is 10.2 Å². The molecule has 1 saturated heterocycles. The smallest absolute Gasteiger partial charge is 0.255 e. The van der Waals surface area contributed by atoms with Gasteiger partial charge in [0, 0.05) is 32.7 Å². The van der Waals surface area contributed by atoms with E-state index in [1.54, 1.807) is 0 Å². The summed E-state index contributed by atoms with van der Waals surface area (Å²) in [7, 11) is 1.54. The number of rotatable bonds is 6. The van der Waals surface area contributed by atoms with E-state index < -0.39 is 5.91 Å². The molecule has 1 aliphatic heterocycles. The number of nitrogens with two attached hydrogens (primary N) is 1. The highest BCUT2D eigenvalue weighted by atomic mass is 35.5. The third-order valence-electron chi connectivity index (χ3n) is 3.26. The third-order valence-corrected chi connectivity index (χ3v) is 3.54. The van der Waals surface area contributed by atoms with Crippen molar-refractivity contribution in [2.24, 2.45) is 5.73 Å². The molecule has 0 bridgehead atoms. The fourth-order valence-corrected chi connectivity index (χ4v) is 2.56. The standard InChI is InChI=1S/C14H20ClN3O3/c1-20-12-7-10(8-18-4-2-17-3-5-18)6-11(15)14(12)21-9-13(16)19/h6-7,17H,2-5,8-9H2,1H3,(H2,16,19).